The average Bonchev–Trinajstić information content (AvgIpc) is 2.84. The molecule has 1 aromatic carbocycles. The van der Waals surface area contributed by atoms with Gasteiger partial charge in [0.25, 0.3) is 11.8 Å². The predicted molar refractivity (Wildman–Crippen MR) is 134 cm³/mol. The van der Waals surface area contributed by atoms with Crippen LogP contribution in [0.2, 0.25) is 0 Å². The fourth-order valence-electron chi connectivity index (χ4n) is 3.27. The fraction of sp³-hybridized carbons (Fsp3) is 0.500. The highest BCUT2D eigenvalue weighted by Crippen LogP contribution is 2.21. The maximum atomic E-state index is 13.0. The summed E-state index contributed by atoms with van der Waals surface area (Å²) in [4.78, 5) is 50.7. The van der Waals surface area contributed by atoms with Crippen molar-refractivity contribution < 1.29 is 33.4 Å². The number of carbonyl (C=O) groups excluding carboxylic acids is 4. The van der Waals surface area contributed by atoms with E-state index < -0.39 is 36.3 Å². The van der Waals surface area contributed by atoms with Crippen molar-refractivity contribution in [1.29, 1.82) is 5.26 Å². The summed E-state index contributed by atoms with van der Waals surface area (Å²) in [6, 6.07) is 7.09. The highest BCUT2D eigenvalue weighted by Gasteiger charge is 2.40. The zero-order valence-electron chi connectivity index (χ0n) is 21.8. The topological polar surface area (TPSA) is 147 Å². The van der Waals surface area contributed by atoms with Crippen molar-refractivity contribution in [2.45, 2.75) is 53.2 Å². The number of ether oxygens (including phenoxy) is 3. The number of amides is 2. The molecule has 37 heavy (non-hydrogen) atoms. The number of hydrogen-bond donors (Lipinski definition) is 2. The standard InChI is InChI=1S/C26H34N4O7/c1-16(2)10-11-37-26(34)19-6-8-20(9-7-19)28-29-23-18(5)21(14-27)24(32)30(25(23)33)15-22(31)36-13-12-35-17(3)4/h6-9,16-17,23,28-29H,10-13,15H2,1-5H3. The molecule has 0 saturated carbocycles. The molecule has 0 spiro atoms. The van der Waals surface area contributed by atoms with E-state index >= 15 is 0 Å². The summed E-state index contributed by atoms with van der Waals surface area (Å²) in [6.45, 7) is 9.09. The summed E-state index contributed by atoms with van der Waals surface area (Å²) in [7, 11) is 0. The Bertz CT molecular complexity index is 1060. The Kier molecular flexibility index (Phi) is 11.2. The van der Waals surface area contributed by atoms with Gasteiger partial charge in [-0.1, -0.05) is 13.8 Å². The number of esters is 2. The summed E-state index contributed by atoms with van der Waals surface area (Å²) in [5.41, 5.74) is 6.51. The normalized spacial score (nSPS) is 15.7. The van der Waals surface area contributed by atoms with Crippen LogP contribution in [-0.2, 0) is 28.6 Å². The molecule has 2 rings (SSSR count). The maximum absolute atomic E-state index is 13.0. The molecule has 0 saturated heterocycles. The van der Waals surface area contributed by atoms with Crippen LogP contribution in [-0.4, -0.2) is 67.2 Å². The van der Waals surface area contributed by atoms with Gasteiger partial charge >= 0.3 is 11.9 Å². The highest BCUT2D eigenvalue weighted by molar-refractivity contribution is 6.14. The SMILES string of the molecule is CC1=C(C#N)C(=O)N(CC(=O)OCCOC(C)C)C(=O)C1NNc1ccc(C(=O)OCCC(C)C)cc1. The zero-order chi connectivity index (χ0) is 27.5. The van der Waals surface area contributed by atoms with Crippen molar-refractivity contribution in [3.63, 3.8) is 0 Å². The third kappa shape index (κ3) is 8.70. The summed E-state index contributed by atoms with van der Waals surface area (Å²) in [5, 5.41) is 9.48. The second kappa shape index (κ2) is 14.1. The number of benzene rings is 1. The molecular weight excluding hydrogens is 480 g/mol. The van der Waals surface area contributed by atoms with Crippen LogP contribution < -0.4 is 10.9 Å². The fourth-order valence-corrected chi connectivity index (χ4v) is 3.27. The van der Waals surface area contributed by atoms with Crippen LogP contribution in [0, 0.1) is 17.2 Å². The molecule has 1 atom stereocenters. The van der Waals surface area contributed by atoms with Gasteiger partial charge in [0, 0.05) is 5.69 Å². The van der Waals surface area contributed by atoms with Crippen molar-refractivity contribution in [3.05, 3.63) is 41.0 Å². The summed E-state index contributed by atoms with van der Waals surface area (Å²) in [6.07, 6.45) is 0.737. The Morgan fingerprint density at radius 1 is 1.05 bits per heavy atom. The van der Waals surface area contributed by atoms with Crippen molar-refractivity contribution in [3.8, 4) is 6.07 Å². The highest BCUT2D eigenvalue weighted by atomic mass is 16.6. The van der Waals surface area contributed by atoms with Gasteiger partial charge in [0.05, 0.1) is 24.9 Å². The number of carbonyl (C=O) groups is 4. The van der Waals surface area contributed by atoms with Crippen molar-refractivity contribution >= 4 is 29.4 Å². The van der Waals surface area contributed by atoms with Gasteiger partial charge in [0.15, 0.2) is 0 Å². The second-order valence-corrected chi connectivity index (χ2v) is 9.14. The summed E-state index contributed by atoms with van der Waals surface area (Å²) in [5.74, 6) is -2.38. The first-order chi connectivity index (χ1) is 17.5. The molecule has 1 heterocycles. The first kappa shape index (κ1) is 29.5. The molecule has 0 bridgehead atoms. The third-order valence-corrected chi connectivity index (χ3v) is 5.41. The molecule has 0 fully saturated rings. The van der Waals surface area contributed by atoms with Crippen LogP contribution >= 0.6 is 0 Å². The van der Waals surface area contributed by atoms with E-state index in [1.54, 1.807) is 24.3 Å². The van der Waals surface area contributed by atoms with Crippen LogP contribution in [0.3, 0.4) is 0 Å². The molecule has 0 aliphatic carbocycles. The number of rotatable bonds is 13. The molecule has 1 aliphatic heterocycles. The van der Waals surface area contributed by atoms with Crippen LogP contribution in [0.15, 0.2) is 35.4 Å². The first-order valence-corrected chi connectivity index (χ1v) is 12.1. The van der Waals surface area contributed by atoms with Gasteiger partial charge in [-0.2, -0.15) is 5.26 Å². The quantitative estimate of drug-likeness (QED) is 0.174. The number of imide groups is 1. The molecule has 11 nitrogen and oxygen atoms in total. The van der Waals surface area contributed by atoms with Crippen molar-refractivity contribution in [1.82, 2.24) is 10.3 Å². The van der Waals surface area contributed by atoms with E-state index in [1.807, 2.05) is 33.8 Å². The Balaban J connectivity index is 2.02. The van der Waals surface area contributed by atoms with E-state index in [4.69, 9.17) is 14.2 Å². The number of nitriles is 1. The molecule has 200 valence electrons. The molecule has 1 aliphatic rings. The van der Waals surface area contributed by atoms with E-state index in [2.05, 4.69) is 10.9 Å². The van der Waals surface area contributed by atoms with E-state index in [0.29, 0.717) is 28.7 Å². The Morgan fingerprint density at radius 2 is 1.73 bits per heavy atom. The lowest BCUT2D eigenvalue weighted by molar-refractivity contribution is -0.156. The molecule has 1 unspecified atom stereocenters. The summed E-state index contributed by atoms with van der Waals surface area (Å²) < 4.78 is 15.6. The maximum Gasteiger partial charge on any atom is 0.338 e. The second-order valence-electron chi connectivity index (χ2n) is 9.14. The van der Waals surface area contributed by atoms with Gasteiger partial charge in [0.2, 0.25) is 0 Å². The van der Waals surface area contributed by atoms with Crippen LogP contribution in [0.25, 0.3) is 0 Å². The summed E-state index contributed by atoms with van der Waals surface area (Å²) >= 11 is 0. The lowest BCUT2D eigenvalue weighted by atomic mass is 9.96. The van der Waals surface area contributed by atoms with Gasteiger partial charge in [-0.25, -0.2) is 10.2 Å². The van der Waals surface area contributed by atoms with Crippen LogP contribution in [0.1, 0.15) is 51.4 Å². The van der Waals surface area contributed by atoms with Crippen LogP contribution in [0.5, 0.6) is 0 Å². The molecule has 0 radical (unpaired) electrons. The van der Waals surface area contributed by atoms with Crippen molar-refractivity contribution in [2.75, 3.05) is 31.8 Å². The largest absolute Gasteiger partial charge is 0.462 e. The van der Waals surface area contributed by atoms with E-state index in [0.717, 1.165) is 6.42 Å². The number of nitrogens with zero attached hydrogens (tertiary/aromatic N) is 2. The monoisotopic (exact) mass is 514 g/mol. The van der Waals surface area contributed by atoms with E-state index in [1.165, 1.54) is 6.92 Å². The predicted octanol–water partition coefficient (Wildman–Crippen LogP) is 2.35. The van der Waals surface area contributed by atoms with Crippen LogP contribution in [0.4, 0.5) is 5.69 Å². The minimum atomic E-state index is -1.09. The number of hydrazine groups is 1. The lowest BCUT2D eigenvalue weighted by Crippen LogP contribution is -2.56. The Morgan fingerprint density at radius 3 is 2.32 bits per heavy atom. The zero-order valence-corrected chi connectivity index (χ0v) is 21.8. The van der Waals surface area contributed by atoms with Crippen molar-refractivity contribution in [2.24, 2.45) is 5.92 Å². The molecule has 0 aromatic heterocycles. The molecular formula is C26H34N4O7. The van der Waals surface area contributed by atoms with Gasteiger partial charge in [-0.15, -0.1) is 0 Å². The molecule has 2 amide bonds. The number of anilines is 1. The Labute approximate surface area is 216 Å². The average molecular weight is 515 g/mol. The van der Waals surface area contributed by atoms with Gasteiger partial charge in [0.1, 0.15) is 30.8 Å². The minimum Gasteiger partial charge on any atom is -0.462 e. The molecule has 2 N–H and O–H groups in total. The number of hydrogen-bond acceptors (Lipinski definition) is 10. The smallest absolute Gasteiger partial charge is 0.338 e. The van der Waals surface area contributed by atoms with Gasteiger partial charge in [-0.3, -0.25) is 19.3 Å². The minimum absolute atomic E-state index is 0.0301. The Hall–Kier alpha value is -3.75. The molecule has 11 heteroatoms. The first-order valence-electron chi connectivity index (χ1n) is 12.1. The van der Waals surface area contributed by atoms with E-state index in [9.17, 15) is 24.4 Å². The molecule has 1 aromatic rings. The lowest BCUT2D eigenvalue weighted by Gasteiger charge is -2.31. The third-order valence-electron chi connectivity index (χ3n) is 5.41. The van der Waals surface area contributed by atoms with Gasteiger partial charge in [-0.05, 0) is 62.9 Å². The van der Waals surface area contributed by atoms with Gasteiger partial charge < -0.3 is 19.6 Å². The number of nitrogens with one attached hydrogen (secondary N) is 2. The van der Waals surface area contributed by atoms with E-state index in [-0.39, 0.29) is 30.5 Å².